The predicted molar refractivity (Wildman–Crippen MR) is 97.3 cm³/mol. The van der Waals surface area contributed by atoms with Gasteiger partial charge in [0.05, 0.1) is 23.4 Å². The number of aliphatic hydroxyl groups is 1. The maximum atomic E-state index is 14.2. The number of aromatic nitrogens is 4. The summed E-state index contributed by atoms with van der Waals surface area (Å²) in [6, 6.07) is 1.07. The fourth-order valence-corrected chi connectivity index (χ4v) is 3.47. The topological polar surface area (TPSA) is 113 Å². The molecule has 1 aliphatic rings. The normalized spacial score (nSPS) is 23.3. The molecule has 0 bridgehead atoms. The van der Waals surface area contributed by atoms with Gasteiger partial charge in [-0.25, -0.2) is 19.3 Å². The molecule has 3 aromatic rings. The molecule has 0 aromatic carbocycles. The summed E-state index contributed by atoms with van der Waals surface area (Å²) in [5.41, 5.74) is 7.21. The van der Waals surface area contributed by atoms with Gasteiger partial charge in [-0.2, -0.15) is 0 Å². The van der Waals surface area contributed by atoms with Gasteiger partial charge in [0.25, 0.3) is 0 Å². The number of nitrogens with zero attached hydrogens (tertiary/aromatic N) is 3. The Morgan fingerprint density at radius 1 is 1.31 bits per heavy atom. The molecule has 4 rings (SSSR count). The minimum absolute atomic E-state index is 0.0393. The third-order valence-electron chi connectivity index (χ3n) is 4.71. The van der Waals surface area contributed by atoms with Crippen molar-refractivity contribution in [3.05, 3.63) is 35.5 Å². The number of aromatic amines is 1. The minimum atomic E-state index is -0.752. The van der Waals surface area contributed by atoms with Crippen LogP contribution in [0.2, 0.25) is 5.02 Å². The Bertz CT molecular complexity index is 948. The van der Waals surface area contributed by atoms with E-state index in [0.717, 1.165) is 24.4 Å². The van der Waals surface area contributed by atoms with E-state index in [1.54, 1.807) is 12.3 Å². The average molecular weight is 377 g/mol. The summed E-state index contributed by atoms with van der Waals surface area (Å²) in [7, 11) is 0. The van der Waals surface area contributed by atoms with Crippen LogP contribution in [0, 0.1) is 5.82 Å². The molecule has 3 aromatic heterocycles. The molecule has 0 unspecified atom stereocenters. The quantitative estimate of drug-likeness (QED) is 0.558. The SMILES string of the molecule is N[C@@H]1CCC[C@H](Nc2nc(-c3c[nH]c4ncc(Cl)cc34)ncc2F)[C@H]1O. The van der Waals surface area contributed by atoms with E-state index in [1.807, 2.05) is 0 Å². The smallest absolute Gasteiger partial charge is 0.183 e. The van der Waals surface area contributed by atoms with Crippen LogP contribution in [-0.2, 0) is 0 Å². The van der Waals surface area contributed by atoms with Gasteiger partial charge in [-0.3, -0.25) is 0 Å². The standard InChI is InChI=1S/C17H18ClFN6O/c18-8-4-9-10(6-22-15(9)21-5-8)16-23-7-11(19)17(25-16)24-13-3-1-2-12(20)14(13)26/h4-7,12-14,26H,1-3,20H2,(H,21,22)(H,23,24,25)/t12-,13+,14+/m1/s1. The summed E-state index contributed by atoms with van der Waals surface area (Å²) in [5.74, 6) is -0.215. The maximum Gasteiger partial charge on any atom is 0.183 e. The number of halogens is 2. The van der Waals surface area contributed by atoms with Gasteiger partial charge >= 0.3 is 0 Å². The van der Waals surface area contributed by atoms with Crippen molar-refractivity contribution >= 4 is 28.5 Å². The zero-order valence-corrected chi connectivity index (χ0v) is 14.5. The van der Waals surface area contributed by atoms with Crippen molar-refractivity contribution in [1.29, 1.82) is 0 Å². The third-order valence-corrected chi connectivity index (χ3v) is 4.92. The van der Waals surface area contributed by atoms with E-state index < -0.39 is 11.9 Å². The molecule has 136 valence electrons. The first-order chi connectivity index (χ1) is 12.5. The lowest BCUT2D eigenvalue weighted by atomic mass is 9.89. The second-order valence-electron chi connectivity index (χ2n) is 6.48. The van der Waals surface area contributed by atoms with Gasteiger partial charge < -0.3 is 21.1 Å². The van der Waals surface area contributed by atoms with Crippen LogP contribution in [0.3, 0.4) is 0 Å². The van der Waals surface area contributed by atoms with E-state index >= 15 is 0 Å². The van der Waals surface area contributed by atoms with Gasteiger partial charge in [-0.05, 0) is 25.3 Å². The first-order valence-electron chi connectivity index (χ1n) is 8.38. The third kappa shape index (κ3) is 3.11. The first-order valence-corrected chi connectivity index (χ1v) is 8.76. The molecule has 0 amide bonds. The lowest BCUT2D eigenvalue weighted by Crippen LogP contribution is -2.49. The highest BCUT2D eigenvalue weighted by molar-refractivity contribution is 6.31. The number of nitrogens with one attached hydrogen (secondary N) is 2. The van der Waals surface area contributed by atoms with Crippen molar-refractivity contribution in [3.63, 3.8) is 0 Å². The van der Waals surface area contributed by atoms with Crippen molar-refractivity contribution in [2.24, 2.45) is 5.73 Å². The van der Waals surface area contributed by atoms with Gasteiger partial charge in [-0.1, -0.05) is 11.6 Å². The lowest BCUT2D eigenvalue weighted by Gasteiger charge is -2.33. The van der Waals surface area contributed by atoms with Gasteiger partial charge in [-0.15, -0.1) is 0 Å². The Balaban J connectivity index is 1.68. The van der Waals surface area contributed by atoms with Gasteiger partial charge in [0.2, 0.25) is 0 Å². The number of rotatable bonds is 3. The summed E-state index contributed by atoms with van der Waals surface area (Å²) in [6.45, 7) is 0. The molecule has 7 nitrogen and oxygen atoms in total. The second-order valence-corrected chi connectivity index (χ2v) is 6.91. The van der Waals surface area contributed by atoms with Gasteiger partial charge in [0.15, 0.2) is 17.5 Å². The second kappa shape index (κ2) is 6.79. The molecular weight excluding hydrogens is 359 g/mol. The monoisotopic (exact) mass is 376 g/mol. The minimum Gasteiger partial charge on any atom is -0.389 e. The Kier molecular flexibility index (Phi) is 4.47. The van der Waals surface area contributed by atoms with Crippen molar-refractivity contribution in [2.45, 2.75) is 37.5 Å². The lowest BCUT2D eigenvalue weighted by molar-refractivity contribution is 0.0951. The number of hydrogen-bond donors (Lipinski definition) is 4. The molecule has 0 radical (unpaired) electrons. The van der Waals surface area contributed by atoms with E-state index in [-0.39, 0.29) is 17.9 Å². The molecule has 3 heterocycles. The highest BCUT2D eigenvalue weighted by atomic mass is 35.5. The Hall–Kier alpha value is -2.29. The Morgan fingerprint density at radius 2 is 2.15 bits per heavy atom. The molecule has 0 aliphatic heterocycles. The van der Waals surface area contributed by atoms with Crippen LogP contribution in [0.1, 0.15) is 19.3 Å². The molecule has 0 spiro atoms. The largest absolute Gasteiger partial charge is 0.389 e. The zero-order chi connectivity index (χ0) is 18.3. The fourth-order valence-electron chi connectivity index (χ4n) is 3.31. The van der Waals surface area contributed by atoms with Crippen LogP contribution >= 0.6 is 11.6 Å². The van der Waals surface area contributed by atoms with Crippen LogP contribution < -0.4 is 11.1 Å². The maximum absolute atomic E-state index is 14.2. The van der Waals surface area contributed by atoms with Crippen molar-refractivity contribution < 1.29 is 9.50 Å². The van der Waals surface area contributed by atoms with E-state index in [9.17, 15) is 9.50 Å². The van der Waals surface area contributed by atoms with Crippen LogP contribution in [-0.4, -0.2) is 43.2 Å². The first kappa shape index (κ1) is 17.1. The van der Waals surface area contributed by atoms with Gasteiger partial charge in [0.1, 0.15) is 5.65 Å². The van der Waals surface area contributed by atoms with E-state index in [2.05, 4.69) is 25.3 Å². The Labute approximate surface area is 153 Å². The Morgan fingerprint density at radius 3 is 3.00 bits per heavy atom. The molecule has 1 fully saturated rings. The molecule has 3 atom stereocenters. The molecular formula is C17H18ClFN6O. The number of aliphatic hydroxyl groups excluding tert-OH is 1. The highest BCUT2D eigenvalue weighted by Crippen LogP contribution is 2.29. The number of fused-ring (bicyclic) bond motifs is 1. The summed E-state index contributed by atoms with van der Waals surface area (Å²) >= 11 is 6.02. The molecule has 26 heavy (non-hydrogen) atoms. The number of H-pyrrole nitrogens is 1. The summed E-state index contributed by atoms with van der Waals surface area (Å²) in [5, 5.41) is 14.4. The van der Waals surface area contributed by atoms with Crippen molar-refractivity contribution in [1.82, 2.24) is 19.9 Å². The number of pyridine rings is 1. The fraction of sp³-hybridized carbons (Fsp3) is 0.353. The molecule has 1 aliphatic carbocycles. The van der Waals surface area contributed by atoms with E-state index in [1.165, 1.54) is 6.20 Å². The van der Waals surface area contributed by atoms with E-state index in [0.29, 0.717) is 28.5 Å². The number of nitrogens with two attached hydrogens (primary N) is 1. The van der Waals surface area contributed by atoms with Crippen LogP contribution in [0.5, 0.6) is 0 Å². The number of hydrogen-bond acceptors (Lipinski definition) is 6. The summed E-state index contributed by atoms with van der Waals surface area (Å²) in [6.07, 6.45) is 5.91. The van der Waals surface area contributed by atoms with Crippen LogP contribution in [0.25, 0.3) is 22.4 Å². The molecule has 5 N–H and O–H groups in total. The predicted octanol–water partition coefficient (Wildman–Crippen LogP) is 2.47. The van der Waals surface area contributed by atoms with Gasteiger partial charge in [0, 0.05) is 29.4 Å². The summed E-state index contributed by atoms with van der Waals surface area (Å²) in [4.78, 5) is 15.6. The molecule has 9 heteroatoms. The average Bonchev–Trinajstić information content (AvgIpc) is 3.04. The highest BCUT2D eigenvalue weighted by Gasteiger charge is 2.30. The van der Waals surface area contributed by atoms with Crippen LogP contribution in [0.15, 0.2) is 24.7 Å². The number of anilines is 1. The van der Waals surface area contributed by atoms with Crippen LogP contribution in [0.4, 0.5) is 10.2 Å². The zero-order valence-electron chi connectivity index (χ0n) is 13.8. The van der Waals surface area contributed by atoms with E-state index in [4.69, 9.17) is 17.3 Å². The van der Waals surface area contributed by atoms with Crippen molar-refractivity contribution in [3.8, 4) is 11.4 Å². The molecule has 1 saturated carbocycles. The van der Waals surface area contributed by atoms with Crippen molar-refractivity contribution in [2.75, 3.05) is 5.32 Å². The summed E-state index contributed by atoms with van der Waals surface area (Å²) < 4.78 is 14.2. The molecule has 0 saturated heterocycles.